The van der Waals surface area contributed by atoms with Gasteiger partial charge in [0.25, 0.3) is 5.91 Å². The van der Waals surface area contributed by atoms with E-state index in [0.717, 1.165) is 18.5 Å². The quantitative estimate of drug-likeness (QED) is 0.852. The van der Waals surface area contributed by atoms with Gasteiger partial charge in [-0.05, 0) is 44.0 Å². The summed E-state index contributed by atoms with van der Waals surface area (Å²) < 4.78 is 16.5. The summed E-state index contributed by atoms with van der Waals surface area (Å²) in [7, 11) is 0. The molecule has 0 N–H and O–H groups in total. The van der Waals surface area contributed by atoms with Crippen LogP contribution in [0, 0.1) is 6.92 Å². The first-order valence-electron chi connectivity index (χ1n) is 8.35. The average molecular weight is 341 g/mol. The van der Waals surface area contributed by atoms with Crippen LogP contribution in [0.1, 0.15) is 28.9 Å². The minimum Gasteiger partial charge on any atom is -0.471 e. The summed E-state index contributed by atoms with van der Waals surface area (Å²) in [4.78, 5) is 14.6. The van der Waals surface area contributed by atoms with Crippen molar-refractivity contribution in [1.29, 1.82) is 0 Å². The first kappa shape index (κ1) is 15.7. The fourth-order valence-electron chi connectivity index (χ4n) is 3.05. The third-order valence-corrected chi connectivity index (χ3v) is 4.35. The van der Waals surface area contributed by atoms with E-state index in [9.17, 15) is 4.79 Å². The molecule has 2 aliphatic heterocycles. The summed E-state index contributed by atoms with van der Waals surface area (Å²) in [6, 6.07) is 8.95. The maximum absolute atomic E-state index is 12.8. The van der Waals surface area contributed by atoms with Crippen molar-refractivity contribution in [2.75, 3.05) is 19.9 Å². The molecule has 1 fully saturated rings. The van der Waals surface area contributed by atoms with Gasteiger partial charge in [-0.25, -0.2) is 0 Å². The molecule has 0 spiro atoms. The SMILES string of the molecule is Cc1ccc(O[C@H]2CCCN(C(=O)c3ccc4c(c3)OCO4)C2)nn1. The molecule has 0 aliphatic carbocycles. The van der Waals surface area contributed by atoms with Crippen molar-refractivity contribution in [2.24, 2.45) is 0 Å². The molecule has 7 heteroatoms. The van der Waals surface area contributed by atoms with E-state index in [2.05, 4.69) is 10.2 Å². The number of piperidine rings is 1. The van der Waals surface area contributed by atoms with Gasteiger partial charge in [-0.15, -0.1) is 5.10 Å². The van der Waals surface area contributed by atoms with E-state index in [4.69, 9.17) is 14.2 Å². The smallest absolute Gasteiger partial charge is 0.254 e. The van der Waals surface area contributed by atoms with E-state index in [1.165, 1.54) is 0 Å². The molecule has 25 heavy (non-hydrogen) atoms. The molecule has 1 aromatic heterocycles. The second kappa shape index (κ2) is 6.58. The lowest BCUT2D eigenvalue weighted by Crippen LogP contribution is -2.44. The van der Waals surface area contributed by atoms with Crippen molar-refractivity contribution in [2.45, 2.75) is 25.9 Å². The van der Waals surface area contributed by atoms with Crippen LogP contribution in [0.25, 0.3) is 0 Å². The number of likely N-dealkylation sites (tertiary alicyclic amines) is 1. The molecule has 3 heterocycles. The topological polar surface area (TPSA) is 73.8 Å². The molecule has 2 aromatic rings. The molecule has 130 valence electrons. The molecule has 1 saturated heterocycles. The Morgan fingerprint density at radius 2 is 2.08 bits per heavy atom. The van der Waals surface area contributed by atoms with E-state index in [-0.39, 0.29) is 18.8 Å². The highest BCUT2D eigenvalue weighted by molar-refractivity contribution is 5.95. The number of aromatic nitrogens is 2. The highest BCUT2D eigenvalue weighted by Crippen LogP contribution is 2.33. The first-order valence-corrected chi connectivity index (χ1v) is 8.35. The van der Waals surface area contributed by atoms with E-state index >= 15 is 0 Å². The number of aryl methyl sites for hydroxylation is 1. The number of carbonyl (C=O) groups excluding carboxylic acids is 1. The lowest BCUT2D eigenvalue weighted by atomic mass is 10.1. The Bertz CT molecular complexity index is 778. The Hall–Kier alpha value is -2.83. The van der Waals surface area contributed by atoms with E-state index in [1.807, 2.05) is 17.9 Å². The van der Waals surface area contributed by atoms with Crippen molar-refractivity contribution in [3.05, 3.63) is 41.6 Å². The van der Waals surface area contributed by atoms with Crippen molar-refractivity contribution in [1.82, 2.24) is 15.1 Å². The van der Waals surface area contributed by atoms with Gasteiger partial charge in [-0.3, -0.25) is 4.79 Å². The minimum absolute atomic E-state index is 0.0263. The summed E-state index contributed by atoms with van der Waals surface area (Å²) in [5.74, 6) is 1.76. The molecule has 7 nitrogen and oxygen atoms in total. The number of hydrogen-bond acceptors (Lipinski definition) is 6. The lowest BCUT2D eigenvalue weighted by molar-refractivity contribution is 0.0525. The largest absolute Gasteiger partial charge is 0.471 e. The minimum atomic E-state index is -0.0799. The van der Waals surface area contributed by atoms with Gasteiger partial charge in [0, 0.05) is 18.2 Å². The zero-order valence-corrected chi connectivity index (χ0v) is 14.0. The lowest BCUT2D eigenvalue weighted by Gasteiger charge is -2.32. The van der Waals surface area contributed by atoms with Crippen LogP contribution >= 0.6 is 0 Å². The van der Waals surface area contributed by atoms with Crippen LogP contribution < -0.4 is 14.2 Å². The van der Waals surface area contributed by atoms with Gasteiger partial charge in [0.1, 0.15) is 6.10 Å². The second-order valence-corrected chi connectivity index (χ2v) is 6.21. The molecular formula is C18H19N3O4. The number of carbonyl (C=O) groups is 1. The summed E-state index contributed by atoms with van der Waals surface area (Å²) in [6.07, 6.45) is 1.70. The predicted octanol–water partition coefficient (Wildman–Crippen LogP) is 2.20. The Balaban J connectivity index is 1.43. The number of nitrogens with zero attached hydrogens (tertiary/aromatic N) is 3. The molecule has 2 aliphatic rings. The van der Waals surface area contributed by atoms with Crippen LogP contribution in [0.4, 0.5) is 0 Å². The third kappa shape index (κ3) is 3.35. The Morgan fingerprint density at radius 3 is 2.92 bits per heavy atom. The third-order valence-electron chi connectivity index (χ3n) is 4.35. The monoisotopic (exact) mass is 341 g/mol. The van der Waals surface area contributed by atoms with Crippen LogP contribution in [0.2, 0.25) is 0 Å². The molecule has 1 aromatic carbocycles. The van der Waals surface area contributed by atoms with Crippen LogP contribution in [0.5, 0.6) is 17.4 Å². The van der Waals surface area contributed by atoms with Gasteiger partial charge in [-0.2, -0.15) is 5.10 Å². The van der Waals surface area contributed by atoms with Gasteiger partial charge in [0.05, 0.1) is 12.2 Å². The zero-order chi connectivity index (χ0) is 17.2. The van der Waals surface area contributed by atoms with Gasteiger partial charge < -0.3 is 19.1 Å². The predicted molar refractivity (Wildman–Crippen MR) is 88.9 cm³/mol. The molecule has 0 radical (unpaired) electrons. The van der Waals surface area contributed by atoms with Gasteiger partial charge in [0.15, 0.2) is 11.5 Å². The maximum Gasteiger partial charge on any atom is 0.254 e. The molecule has 1 amide bonds. The molecule has 0 bridgehead atoms. The second-order valence-electron chi connectivity index (χ2n) is 6.21. The Labute approximate surface area is 145 Å². The first-order chi connectivity index (χ1) is 12.2. The van der Waals surface area contributed by atoms with Crippen LogP contribution in [-0.2, 0) is 0 Å². The zero-order valence-electron chi connectivity index (χ0n) is 14.0. The van der Waals surface area contributed by atoms with E-state index in [1.54, 1.807) is 24.3 Å². The number of fused-ring (bicyclic) bond motifs is 1. The molecule has 1 atom stereocenters. The van der Waals surface area contributed by atoms with Crippen molar-refractivity contribution >= 4 is 5.91 Å². The molecule has 0 saturated carbocycles. The normalized spacial score (nSPS) is 18.9. The van der Waals surface area contributed by atoms with Gasteiger partial charge in [0.2, 0.25) is 12.7 Å². The number of benzene rings is 1. The Morgan fingerprint density at radius 1 is 1.20 bits per heavy atom. The highest BCUT2D eigenvalue weighted by Gasteiger charge is 2.27. The maximum atomic E-state index is 12.8. The number of ether oxygens (including phenoxy) is 3. The standard InChI is InChI=1S/C18H19N3O4/c1-12-4-7-17(20-19-12)25-14-3-2-8-21(10-14)18(22)13-5-6-15-16(9-13)24-11-23-15/h4-7,9,14H,2-3,8,10-11H2,1H3/t14-/m0/s1. The fourth-order valence-corrected chi connectivity index (χ4v) is 3.05. The number of rotatable bonds is 3. The highest BCUT2D eigenvalue weighted by atomic mass is 16.7. The van der Waals surface area contributed by atoms with Gasteiger partial charge in [-0.1, -0.05) is 0 Å². The van der Waals surface area contributed by atoms with Crippen molar-refractivity contribution in [3.63, 3.8) is 0 Å². The molecule has 4 rings (SSSR count). The van der Waals surface area contributed by atoms with E-state index < -0.39 is 0 Å². The fraction of sp³-hybridized carbons (Fsp3) is 0.389. The van der Waals surface area contributed by atoms with Crippen LogP contribution in [0.15, 0.2) is 30.3 Å². The molecule has 0 unspecified atom stereocenters. The Kier molecular flexibility index (Phi) is 4.13. The van der Waals surface area contributed by atoms with E-state index in [0.29, 0.717) is 36.0 Å². The van der Waals surface area contributed by atoms with Gasteiger partial charge >= 0.3 is 0 Å². The summed E-state index contributed by atoms with van der Waals surface area (Å²) >= 11 is 0. The summed E-state index contributed by atoms with van der Waals surface area (Å²) in [6.45, 7) is 3.32. The molecular weight excluding hydrogens is 322 g/mol. The number of amides is 1. The summed E-state index contributed by atoms with van der Waals surface area (Å²) in [5, 5.41) is 8.03. The van der Waals surface area contributed by atoms with Crippen molar-refractivity contribution in [3.8, 4) is 17.4 Å². The average Bonchev–Trinajstić information content (AvgIpc) is 3.11. The van der Waals surface area contributed by atoms with Crippen LogP contribution in [0.3, 0.4) is 0 Å². The summed E-state index contributed by atoms with van der Waals surface area (Å²) in [5.41, 5.74) is 1.44. The van der Waals surface area contributed by atoms with Crippen molar-refractivity contribution < 1.29 is 19.0 Å². The number of hydrogen-bond donors (Lipinski definition) is 0. The van der Waals surface area contributed by atoms with Crippen LogP contribution in [-0.4, -0.2) is 47.0 Å².